The van der Waals surface area contributed by atoms with Crippen LogP contribution < -0.4 is 0 Å². The number of rotatable bonds is 2. The predicted molar refractivity (Wildman–Crippen MR) is 82.0 cm³/mol. The van der Waals surface area contributed by atoms with Crippen molar-refractivity contribution in [3.8, 4) is 0 Å². The first kappa shape index (κ1) is 14.1. The molecule has 0 radical (unpaired) electrons. The summed E-state index contributed by atoms with van der Waals surface area (Å²) in [5.41, 5.74) is 1.08. The minimum Gasteiger partial charge on any atom is -0.368 e. The van der Waals surface area contributed by atoms with Gasteiger partial charge in [-0.1, -0.05) is 24.4 Å². The molecule has 1 saturated heterocycles. The van der Waals surface area contributed by atoms with E-state index in [1.165, 1.54) is 25.7 Å². The molecule has 2 fully saturated rings. The minimum absolute atomic E-state index is 0.00972. The first-order valence-electron chi connectivity index (χ1n) is 6.68. The van der Waals surface area contributed by atoms with Crippen molar-refractivity contribution >= 4 is 39.3 Å². The number of hydrogen-bond donors (Lipinski definition) is 0. The van der Waals surface area contributed by atoms with Crippen LogP contribution in [0.25, 0.3) is 0 Å². The Morgan fingerprint density at radius 2 is 2.05 bits per heavy atom. The van der Waals surface area contributed by atoms with Crippen molar-refractivity contribution in [2.45, 2.75) is 37.7 Å². The maximum absolute atomic E-state index is 6.26. The molecular formula is C13H16BrClN2OS. The lowest BCUT2D eigenvalue weighted by atomic mass is 10.0. The van der Waals surface area contributed by atoms with Gasteiger partial charge < -0.3 is 4.74 Å². The van der Waals surface area contributed by atoms with Gasteiger partial charge in [-0.05, 0) is 28.8 Å². The summed E-state index contributed by atoms with van der Waals surface area (Å²) in [7, 11) is 0. The van der Waals surface area contributed by atoms with Gasteiger partial charge in [0.1, 0.15) is 11.3 Å². The van der Waals surface area contributed by atoms with Crippen LogP contribution in [0.2, 0.25) is 5.15 Å². The summed E-state index contributed by atoms with van der Waals surface area (Å²) in [6.07, 6.45) is 4.95. The molecule has 6 heteroatoms. The van der Waals surface area contributed by atoms with Gasteiger partial charge in [-0.25, -0.2) is 9.97 Å². The Morgan fingerprint density at radius 1 is 1.26 bits per heavy atom. The number of hydrogen-bond acceptors (Lipinski definition) is 4. The predicted octanol–water partition coefficient (Wildman–Crippen LogP) is 4.35. The maximum atomic E-state index is 6.26. The normalized spacial score (nSPS) is 24.8. The summed E-state index contributed by atoms with van der Waals surface area (Å²) in [4.78, 5) is 9.16. The van der Waals surface area contributed by atoms with E-state index in [9.17, 15) is 0 Å². The van der Waals surface area contributed by atoms with Gasteiger partial charge in [0.25, 0.3) is 0 Å². The lowest BCUT2D eigenvalue weighted by Crippen LogP contribution is -2.19. The minimum atomic E-state index is -0.00972. The van der Waals surface area contributed by atoms with Gasteiger partial charge in [0.2, 0.25) is 0 Å². The summed E-state index contributed by atoms with van der Waals surface area (Å²) in [6, 6.07) is 0. The fourth-order valence-corrected chi connectivity index (χ4v) is 4.23. The standard InChI is InChI=1S/C13H16BrClN2OS/c14-10-11(8-3-1-2-4-8)16-13(17-12(10)15)9-7-19-6-5-18-9/h8-9H,1-7H2. The highest BCUT2D eigenvalue weighted by Crippen LogP contribution is 2.39. The Kier molecular flexibility index (Phi) is 4.67. The van der Waals surface area contributed by atoms with Crippen LogP contribution in [0.3, 0.4) is 0 Å². The van der Waals surface area contributed by atoms with Gasteiger partial charge in [-0.15, -0.1) is 0 Å². The number of thioether (sulfide) groups is 1. The molecule has 1 aromatic heterocycles. The SMILES string of the molecule is Clc1nc(C2CSCCO2)nc(C2CCCC2)c1Br. The van der Waals surface area contributed by atoms with Gasteiger partial charge in [0, 0.05) is 17.4 Å². The highest BCUT2D eigenvalue weighted by atomic mass is 79.9. The number of nitrogens with zero attached hydrogens (tertiary/aromatic N) is 2. The molecule has 0 spiro atoms. The molecule has 3 nitrogen and oxygen atoms in total. The molecule has 0 N–H and O–H groups in total. The van der Waals surface area contributed by atoms with Crippen LogP contribution in [0.1, 0.15) is 49.2 Å². The Balaban J connectivity index is 1.92. The molecule has 19 heavy (non-hydrogen) atoms. The van der Waals surface area contributed by atoms with E-state index in [1.807, 2.05) is 11.8 Å². The first-order valence-corrected chi connectivity index (χ1v) is 9.00. The Morgan fingerprint density at radius 3 is 2.74 bits per heavy atom. The van der Waals surface area contributed by atoms with Crippen molar-refractivity contribution < 1.29 is 4.74 Å². The molecule has 104 valence electrons. The van der Waals surface area contributed by atoms with Crippen molar-refractivity contribution in [3.63, 3.8) is 0 Å². The summed E-state index contributed by atoms with van der Waals surface area (Å²) in [5.74, 6) is 3.24. The Labute approximate surface area is 131 Å². The second kappa shape index (κ2) is 6.29. The van der Waals surface area contributed by atoms with Gasteiger partial charge in [-0.3, -0.25) is 0 Å². The van der Waals surface area contributed by atoms with E-state index in [1.54, 1.807) is 0 Å². The second-order valence-electron chi connectivity index (χ2n) is 4.99. The molecule has 2 aliphatic rings. The molecule has 2 heterocycles. The smallest absolute Gasteiger partial charge is 0.160 e. The third-order valence-corrected chi connectivity index (χ3v) is 5.98. The number of ether oxygens (including phenoxy) is 1. The third-order valence-electron chi connectivity index (χ3n) is 3.70. The van der Waals surface area contributed by atoms with Crippen molar-refractivity contribution in [2.75, 3.05) is 18.1 Å². The van der Waals surface area contributed by atoms with Crippen molar-refractivity contribution in [1.29, 1.82) is 0 Å². The summed E-state index contributed by atoms with van der Waals surface area (Å²) in [6.45, 7) is 0.769. The summed E-state index contributed by atoms with van der Waals surface area (Å²) >= 11 is 11.7. The van der Waals surface area contributed by atoms with E-state index in [0.29, 0.717) is 11.1 Å². The molecule has 1 aliphatic carbocycles. The zero-order valence-corrected chi connectivity index (χ0v) is 13.7. The average Bonchev–Trinajstić information content (AvgIpc) is 2.96. The van der Waals surface area contributed by atoms with Crippen molar-refractivity contribution in [2.24, 2.45) is 0 Å². The van der Waals surface area contributed by atoms with E-state index in [2.05, 4.69) is 20.9 Å². The fraction of sp³-hybridized carbons (Fsp3) is 0.692. The van der Waals surface area contributed by atoms with Crippen LogP contribution in [0.15, 0.2) is 4.47 Å². The monoisotopic (exact) mass is 362 g/mol. The molecule has 0 amide bonds. The molecule has 1 unspecified atom stereocenters. The summed E-state index contributed by atoms with van der Waals surface area (Å²) < 4.78 is 6.63. The van der Waals surface area contributed by atoms with Crippen molar-refractivity contribution in [3.05, 3.63) is 21.1 Å². The second-order valence-corrected chi connectivity index (χ2v) is 7.29. The van der Waals surface area contributed by atoms with Gasteiger partial charge in [-0.2, -0.15) is 11.8 Å². The van der Waals surface area contributed by atoms with E-state index < -0.39 is 0 Å². The highest BCUT2D eigenvalue weighted by Gasteiger charge is 2.26. The molecule has 1 aromatic rings. The van der Waals surface area contributed by atoms with Crippen LogP contribution in [0.4, 0.5) is 0 Å². The molecule has 0 bridgehead atoms. The van der Waals surface area contributed by atoms with Gasteiger partial charge in [0.15, 0.2) is 5.82 Å². The van der Waals surface area contributed by atoms with Gasteiger partial charge in [0.05, 0.1) is 16.8 Å². The fourth-order valence-electron chi connectivity index (χ4n) is 2.70. The van der Waals surface area contributed by atoms with Crippen LogP contribution in [0.5, 0.6) is 0 Å². The zero-order valence-electron chi connectivity index (χ0n) is 10.6. The van der Waals surface area contributed by atoms with E-state index in [4.69, 9.17) is 21.3 Å². The third kappa shape index (κ3) is 3.09. The lowest BCUT2D eigenvalue weighted by molar-refractivity contribution is 0.0692. The maximum Gasteiger partial charge on any atom is 0.160 e. The zero-order chi connectivity index (χ0) is 13.2. The van der Waals surface area contributed by atoms with Crippen molar-refractivity contribution in [1.82, 2.24) is 9.97 Å². The summed E-state index contributed by atoms with van der Waals surface area (Å²) in [5, 5.41) is 0.520. The van der Waals surface area contributed by atoms with E-state index in [-0.39, 0.29) is 6.10 Å². The van der Waals surface area contributed by atoms with E-state index in [0.717, 1.165) is 34.1 Å². The molecule has 0 aromatic carbocycles. The Hall–Kier alpha value is 0.160. The van der Waals surface area contributed by atoms with Crippen LogP contribution in [-0.2, 0) is 4.74 Å². The van der Waals surface area contributed by atoms with Crippen LogP contribution >= 0.6 is 39.3 Å². The average molecular weight is 364 g/mol. The van der Waals surface area contributed by atoms with E-state index >= 15 is 0 Å². The molecular weight excluding hydrogens is 348 g/mol. The molecule has 3 rings (SSSR count). The molecule has 1 saturated carbocycles. The van der Waals surface area contributed by atoms with Crippen LogP contribution in [-0.4, -0.2) is 28.1 Å². The number of halogens is 2. The molecule has 1 aliphatic heterocycles. The first-order chi connectivity index (χ1) is 9.25. The van der Waals surface area contributed by atoms with Gasteiger partial charge >= 0.3 is 0 Å². The largest absolute Gasteiger partial charge is 0.368 e. The topological polar surface area (TPSA) is 35.0 Å². The lowest BCUT2D eigenvalue weighted by Gasteiger charge is -2.22. The van der Waals surface area contributed by atoms with Crippen LogP contribution in [0, 0.1) is 0 Å². The molecule has 1 atom stereocenters. The Bertz CT molecular complexity index is 462. The quantitative estimate of drug-likeness (QED) is 0.732. The highest BCUT2D eigenvalue weighted by molar-refractivity contribution is 9.10. The number of aromatic nitrogens is 2.